The molecule has 2 N–H and O–H groups in total. The molecule has 0 fully saturated rings. The Bertz CT molecular complexity index is 441. The van der Waals surface area contributed by atoms with Gasteiger partial charge >= 0.3 is 0 Å². The number of aliphatic hydroxyl groups is 1. The van der Waals surface area contributed by atoms with Crippen molar-refractivity contribution in [2.45, 2.75) is 24.8 Å². The maximum Gasteiger partial charge on any atom is 0.270 e. The average Bonchev–Trinajstić information content (AvgIpc) is 2.37. The van der Waals surface area contributed by atoms with Gasteiger partial charge in [-0.25, -0.2) is 0 Å². The third kappa shape index (κ3) is 5.10. The van der Waals surface area contributed by atoms with Gasteiger partial charge in [-0.3, -0.25) is 10.1 Å². The highest BCUT2D eigenvalue weighted by Crippen LogP contribution is 2.21. The summed E-state index contributed by atoms with van der Waals surface area (Å²) >= 11 is 4.86. The lowest BCUT2D eigenvalue weighted by Gasteiger charge is -2.21. The van der Waals surface area contributed by atoms with Gasteiger partial charge in [0.1, 0.15) is 0 Å². The number of non-ortho nitro benzene ring substituents is 1. The van der Waals surface area contributed by atoms with Gasteiger partial charge in [-0.1, -0.05) is 15.9 Å². The molecule has 0 aliphatic heterocycles. The summed E-state index contributed by atoms with van der Waals surface area (Å²) in [6.45, 7) is 2.62. The molecule has 0 radical (unpaired) electrons. The van der Waals surface area contributed by atoms with E-state index in [1.54, 1.807) is 17.8 Å². The molecule has 0 saturated carbocycles. The first-order chi connectivity index (χ1) is 8.97. The van der Waals surface area contributed by atoms with Crippen LogP contribution >= 0.6 is 27.7 Å². The van der Waals surface area contributed by atoms with Crippen LogP contribution in [-0.4, -0.2) is 34.2 Å². The zero-order valence-corrected chi connectivity index (χ0v) is 13.2. The number of nitrogens with one attached hydrogen (secondary N) is 1. The molecule has 0 aliphatic rings. The summed E-state index contributed by atoms with van der Waals surface area (Å²) in [6, 6.07) is 5.00. The van der Waals surface area contributed by atoms with Crippen molar-refractivity contribution in [1.82, 2.24) is 5.32 Å². The number of benzene rings is 1. The van der Waals surface area contributed by atoms with Gasteiger partial charge in [0.15, 0.2) is 0 Å². The standard InChI is InChI=1S/C12H17BrN2O3S/c1-8(12(7-16)19-2)14-6-9-3-10(13)5-11(4-9)15(17)18/h3-5,8,12,14,16H,6-7H2,1-2H3. The Balaban J connectivity index is 2.70. The predicted octanol–water partition coefficient (Wildman–Crippen LogP) is 2.56. The quantitative estimate of drug-likeness (QED) is 0.585. The molecule has 0 aromatic heterocycles. The molecular formula is C12H17BrN2O3S. The van der Waals surface area contributed by atoms with E-state index in [1.807, 2.05) is 19.2 Å². The molecule has 1 aromatic carbocycles. The Kier molecular flexibility index (Phi) is 6.78. The minimum atomic E-state index is -0.407. The summed E-state index contributed by atoms with van der Waals surface area (Å²) in [5.74, 6) is 0. The molecule has 2 atom stereocenters. The van der Waals surface area contributed by atoms with E-state index < -0.39 is 4.92 Å². The van der Waals surface area contributed by atoms with Crippen molar-refractivity contribution < 1.29 is 10.0 Å². The molecule has 0 amide bonds. The van der Waals surface area contributed by atoms with Crippen LogP contribution in [-0.2, 0) is 6.54 Å². The fourth-order valence-electron chi connectivity index (χ4n) is 1.69. The van der Waals surface area contributed by atoms with E-state index in [0.717, 1.165) is 5.56 Å². The lowest BCUT2D eigenvalue weighted by atomic mass is 10.1. The van der Waals surface area contributed by atoms with Crippen molar-refractivity contribution in [3.8, 4) is 0 Å². The molecule has 106 valence electrons. The summed E-state index contributed by atoms with van der Waals surface area (Å²) in [6.07, 6.45) is 1.95. The largest absolute Gasteiger partial charge is 0.395 e. The maximum atomic E-state index is 10.8. The van der Waals surface area contributed by atoms with E-state index in [0.29, 0.717) is 11.0 Å². The summed E-state index contributed by atoms with van der Waals surface area (Å²) in [4.78, 5) is 10.4. The monoisotopic (exact) mass is 348 g/mol. The van der Waals surface area contributed by atoms with E-state index >= 15 is 0 Å². The van der Waals surface area contributed by atoms with Crippen LogP contribution in [0.2, 0.25) is 0 Å². The van der Waals surface area contributed by atoms with Gasteiger partial charge in [-0.2, -0.15) is 11.8 Å². The second-order valence-electron chi connectivity index (χ2n) is 4.20. The van der Waals surface area contributed by atoms with Gasteiger partial charge in [0, 0.05) is 34.4 Å². The van der Waals surface area contributed by atoms with Gasteiger partial charge in [0.2, 0.25) is 0 Å². The number of nitro groups is 1. The van der Waals surface area contributed by atoms with Crippen LogP contribution in [0.25, 0.3) is 0 Å². The Morgan fingerprint density at radius 3 is 2.74 bits per heavy atom. The Hall–Kier alpha value is -0.630. The second-order valence-corrected chi connectivity index (χ2v) is 6.19. The van der Waals surface area contributed by atoms with Gasteiger partial charge < -0.3 is 10.4 Å². The molecule has 0 heterocycles. The van der Waals surface area contributed by atoms with E-state index in [9.17, 15) is 15.2 Å². The zero-order valence-electron chi connectivity index (χ0n) is 10.8. The van der Waals surface area contributed by atoms with Crippen molar-refractivity contribution in [3.05, 3.63) is 38.3 Å². The minimum absolute atomic E-state index is 0.0717. The van der Waals surface area contributed by atoms with Crippen LogP contribution < -0.4 is 5.32 Å². The first-order valence-electron chi connectivity index (χ1n) is 5.78. The number of rotatable bonds is 7. The van der Waals surface area contributed by atoms with Crippen LogP contribution in [0.1, 0.15) is 12.5 Å². The maximum absolute atomic E-state index is 10.8. The number of aliphatic hydroxyl groups excluding tert-OH is 1. The van der Waals surface area contributed by atoms with E-state index in [2.05, 4.69) is 21.2 Å². The Labute approximate surface area is 125 Å². The van der Waals surface area contributed by atoms with Crippen molar-refractivity contribution >= 4 is 33.4 Å². The van der Waals surface area contributed by atoms with Gasteiger partial charge in [-0.05, 0) is 24.8 Å². The Morgan fingerprint density at radius 2 is 2.21 bits per heavy atom. The topological polar surface area (TPSA) is 75.4 Å². The number of hydrogen-bond acceptors (Lipinski definition) is 5. The third-order valence-electron chi connectivity index (χ3n) is 2.82. The molecule has 0 saturated heterocycles. The summed E-state index contributed by atoms with van der Waals surface area (Å²) in [5.41, 5.74) is 0.910. The van der Waals surface area contributed by atoms with Crippen molar-refractivity contribution in [2.24, 2.45) is 0 Å². The first-order valence-corrected chi connectivity index (χ1v) is 7.87. The van der Waals surface area contributed by atoms with Crippen molar-refractivity contribution in [3.63, 3.8) is 0 Å². The number of nitro benzene ring substituents is 1. The van der Waals surface area contributed by atoms with Crippen molar-refractivity contribution in [1.29, 1.82) is 0 Å². The van der Waals surface area contributed by atoms with Crippen LogP contribution in [0.3, 0.4) is 0 Å². The molecule has 0 aliphatic carbocycles. The number of thioether (sulfide) groups is 1. The molecular weight excluding hydrogens is 332 g/mol. The number of nitrogens with zero attached hydrogens (tertiary/aromatic N) is 1. The molecule has 1 aromatic rings. The zero-order chi connectivity index (χ0) is 14.4. The molecule has 0 spiro atoms. The summed E-state index contributed by atoms with van der Waals surface area (Å²) in [5, 5.41) is 23.4. The average molecular weight is 349 g/mol. The predicted molar refractivity (Wildman–Crippen MR) is 81.5 cm³/mol. The van der Waals surface area contributed by atoms with E-state index in [4.69, 9.17) is 0 Å². The fraction of sp³-hybridized carbons (Fsp3) is 0.500. The highest BCUT2D eigenvalue weighted by molar-refractivity contribution is 9.10. The van der Waals surface area contributed by atoms with Crippen LogP contribution in [0, 0.1) is 10.1 Å². The van der Waals surface area contributed by atoms with Gasteiger partial charge in [-0.15, -0.1) is 0 Å². The molecule has 7 heteroatoms. The molecule has 5 nitrogen and oxygen atoms in total. The van der Waals surface area contributed by atoms with E-state index in [1.165, 1.54) is 6.07 Å². The number of halogens is 1. The first kappa shape index (κ1) is 16.4. The van der Waals surface area contributed by atoms with Crippen LogP contribution in [0.15, 0.2) is 22.7 Å². The normalized spacial score (nSPS) is 14.1. The third-order valence-corrected chi connectivity index (χ3v) is 4.44. The fourth-order valence-corrected chi connectivity index (χ4v) is 2.87. The second kappa shape index (κ2) is 7.84. The smallest absolute Gasteiger partial charge is 0.270 e. The van der Waals surface area contributed by atoms with Gasteiger partial charge in [0.05, 0.1) is 11.5 Å². The SMILES string of the molecule is CSC(CO)C(C)NCc1cc(Br)cc([N+](=O)[O-])c1. The highest BCUT2D eigenvalue weighted by atomic mass is 79.9. The summed E-state index contributed by atoms with van der Waals surface area (Å²) < 4.78 is 0.690. The van der Waals surface area contributed by atoms with Crippen molar-refractivity contribution in [2.75, 3.05) is 12.9 Å². The molecule has 2 unspecified atom stereocenters. The molecule has 1 rings (SSSR count). The van der Waals surface area contributed by atoms with Crippen LogP contribution in [0.5, 0.6) is 0 Å². The van der Waals surface area contributed by atoms with Gasteiger partial charge in [0.25, 0.3) is 5.69 Å². The Morgan fingerprint density at radius 1 is 1.53 bits per heavy atom. The highest BCUT2D eigenvalue weighted by Gasteiger charge is 2.15. The summed E-state index contributed by atoms with van der Waals surface area (Å²) in [7, 11) is 0. The lowest BCUT2D eigenvalue weighted by molar-refractivity contribution is -0.385. The lowest BCUT2D eigenvalue weighted by Crippen LogP contribution is -2.37. The van der Waals surface area contributed by atoms with E-state index in [-0.39, 0.29) is 23.6 Å². The molecule has 19 heavy (non-hydrogen) atoms. The number of hydrogen-bond donors (Lipinski definition) is 2. The molecule has 0 bridgehead atoms. The minimum Gasteiger partial charge on any atom is -0.395 e. The van der Waals surface area contributed by atoms with Crippen LogP contribution in [0.4, 0.5) is 5.69 Å².